The molecule has 1 aliphatic heterocycles. The number of hydrogen-bond acceptors (Lipinski definition) is 4. The lowest BCUT2D eigenvalue weighted by Crippen LogP contribution is -2.29. The summed E-state index contributed by atoms with van der Waals surface area (Å²) in [5.41, 5.74) is 1.05. The molecule has 1 atom stereocenters. The highest BCUT2D eigenvalue weighted by Crippen LogP contribution is 2.22. The topological polar surface area (TPSA) is 44.8 Å². The normalized spacial score (nSPS) is 22.0. The Kier molecular flexibility index (Phi) is 4.11. The number of carbonyl (C=O) groups is 1. The lowest BCUT2D eigenvalue weighted by molar-refractivity contribution is -0.154. The molecule has 98 valence electrons. The third-order valence-electron chi connectivity index (χ3n) is 2.72. The smallest absolute Gasteiger partial charge is 0.189 e. The highest BCUT2D eigenvalue weighted by Gasteiger charge is 2.36. The van der Waals surface area contributed by atoms with Crippen LogP contribution in [0, 0.1) is 0 Å². The molecule has 0 aliphatic carbocycles. The Hall–Kier alpha value is -1.23. The van der Waals surface area contributed by atoms with Crippen molar-refractivity contribution in [2.24, 2.45) is 0 Å². The fourth-order valence-electron chi connectivity index (χ4n) is 1.78. The van der Waals surface area contributed by atoms with Gasteiger partial charge in [0.2, 0.25) is 0 Å². The quantitative estimate of drug-likeness (QED) is 0.801. The van der Waals surface area contributed by atoms with E-state index in [0.717, 1.165) is 5.56 Å². The van der Waals surface area contributed by atoms with E-state index in [-0.39, 0.29) is 12.4 Å². The van der Waals surface area contributed by atoms with Crippen molar-refractivity contribution >= 4 is 5.78 Å². The molecule has 1 fully saturated rings. The van der Waals surface area contributed by atoms with Crippen molar-refractivity contribution in [1.29, 1.82) is 0 Å². The highest BCUT2D eigenvalue weighted by atomic mass is 16.7. The summed E-state index contributed by atoms with van der Waals surface area (Å²) >= 11 is 0. The lowest BCUT2D eigenvalue weighted by Gasteiger charge is -2.16. The van der Waals surface area contributed by atoms with Crippen LogP contribution in [0.4, 0.5) is 0 Å². The first-order valence-corrected chi connectivity index (χ1v) is 6.03. The molecule has 2 rings (SSSR count). The van der Waals surface area contributed by atoms with E-state index in [1.807, 2.05) is 30.3 Å². The maximum Gasteiger partial charge on any atom is 0.189 e. The van der Waals surface area contributed by atoms with E-state index in [1.54, 1.807) is 13.8 Å². The van der Waals surface area contributed by atoms with Gasteiger partial charge in [0.25, 0.3) is 0 Å². The molecule has 0 aromatic heterocycles. The van der Waals surface area contributed by atoms with Gasteiger partial charge in [-0.1, -0.05) is 30.3 Å². The third kappa shape index (κ3) is 3.63. The van der Waals surface area contributed by atoms with Crippen LogP contribution in [-0.4, -0.2) is 30.9 Å². The number of hydrogen-bond donors (Lipinski definition) is 0. The van der Waals surface area contributed by atoms with Crippen molar-refractivity contribution < 1.29 is 19.0 Å². The van der Waals surface area contributed by atoms with Crippen LogP contribution in [0.1, 0.15) is 19.4 Å². The molecule has 4 nitrogen and oxygen atoms in total. The second-order valence-corrected chi connectivity index (χ2v) is 4.76. The third-order valence-corrected chi connectivity index (χ3v) is 2.72. The first-order valence-electron chi connectivity index (χ1n) is 6.03. The Balaban J connectivity index is 1.73. The zero-order valence-electron chi connectivity index (χ0n) is 10.7. The van der Waals surface area contributed by atoms with E-state index in [1.165, 1.54) is 0 Å². The minimum Gasteiger partial charge on any atom is -0.369 e. The molecular formula is C14H18O4. The average molecular weight is 250 g/mol. The molecule has 1 aliphatic rings. The number of ketones is 1. The summed E-state index contributed by atoms with van der Waals surface area (Å²) in [7, 11) is 0. The Bertz CT molecular complexity index is 400. The minimum absolute atomic E-state index is 0.0546. The number of rotatable bonds is 5. The monoisotopic (exact) mass is 250 g/mol. The average Bonchev–Trinajstić information content (AvgIpc) is 2.71. The summed E-state index contributed by atoms with van der Waals surface area (Å²) in [6.07, 6.45) is -0.504. The molecule has 0 N–H and O–H groups in total. The summed E-state index contributed by atoms with van der Waals surface area (Å²) < 4.78 is 16.2. The van der Waals surface area contributed by atoms with Crippen LogP contribution in [0.3, 0.4) is 0 Å². The largest absolute Gasteiger partial charge is 0.369 e. The van der Waals surface area contributed by atoms with Crippen LogP contribution in [0.25, 0.3) is 0 Å². The maximum absolute atomic E-state index is 11.8. The second kappa shape index (κ2) is 5.61. The number of carbonyl (C=O) groups excluding carboxylic acids is 1. The van der Waals surface area contributed by atoms with Gasteiger partial charge in [-0.3, -0.25) is 4.79 Å². The van der Waals surface area contributed by atoms with Crippen molar-refractivity contribution in [3.63, 3.8) is 0 Å². The molecule has 0 unspecified atom stereocenters. The van der Waals surface area contributed by atoms with Crippen LogP contribution in [-0.2, 0) is 25.6 Å². The van der Waals surface area contributed by atoms with Gasteiger partial charge in [-0.25, -0.2) is 0 Å². The molecule has 1 aromatic rings. The van der Waals surface area contributed by atoms with Crippen molar-refractivity contribution in [2.75, 3.05) is 13.2 Å². The highest BCUT2D eigenvalue weighted by molar-refractivity contribution is 5.84. The Morgan fingerprint density at radius 2 is 2.11 bits per heavy atom. The molecule has 0 saturated carbocycles. The Morgan fingerprint density at radius 1 is 1.39 bits per heavy atom. The first kappa shape index (κ1) is 13.2. The second-order valence-electron chi connectivity index (χ2n) is 4.76. The predicted molar refractivity (Wildman–Crippen MR) is 66.0 cm³/mol. The molecule has 0 amide bonds. The molecular weight excluding hydrogens is 232 g/mol. The number of ether oxygens (including phenoxy) is 3. The molecule has 4 heteroatoms. The van der Waals surface area contributed by atoms with E-state index >= 15 is 0 Å². The zero-order valence-corrected chi connectivity index (χ0v) is 10.7. The SMILES string of the molecule is CC1(C)OC[C@@H](C(=O)COCc2ccccc2)O1. The van der Waals surface area contributed by atoms with E-state index in [4.69, 9.17) is 14.2 Å². The molecule has 0 radical (unpaired) electrons. The van der Waals surface area contributed by atoms with E-state index in [2.05, 4.69) is 0 Å². The standard InChI is InChI=1S/C14H18O4/c1-14(2)17-10-13(18-14)12(15)9-16-8-11-6-4-3-5-7-11/h3-7,13H,8-10H2,1-2H3/t13-/m0/s1. The van der Waals surface area contributed by atoms with Crippen molar-refractivity contribution in [3.05, 3.63) is 35.9 Å². The Labute approximate surface area is 107 Å². The fraction of sp³-hybridized carbons (Fsp3) is 0.500. The van der Waals surface area contributed by atoms with Crippen LogP contribution in [0.5, 0.6) is 0 Å². The lowest BCUT2D eigenvalue weighted by atomic mass is 10.2. The maximum atomic E-state index is 11.8. The van der Waals surface area contributed by atoms with Gasteiger partial charge < -0.3 is 14.2 Å². The molecule has 0 bridgehead atoms. The van der Waals surface area contributed by atoms with Gasteiger partial charge in [-0.2, -0.15) is 0 Å². The van der Waals surface area contributed by atoms with Gasteiger partial charge in [0, 0.05) is 0 Å². The van der Waals surface area contributed by atoms with E-state index in [9.17, 15) is 4.79 Å². The summed E-state index contributed by atoms with van der Waals surface area (Å²) in [5.74, 6) is -0.740. The van der Waals surface area contributed by atoms with E-state index in [0.29, 0.717) is 13.2 Å². The van der Waals surface area contributed by atoms with Crippen LogP contribution >= 0.6 is 0 Å². The van der Waals surface area contributed by atoms with Crippen LogP contribution in [0.15, 0.2) is 30.3 Å². The van der Waals surface area contributed by atoms with Crippen molar-refractivity contribution in [3.8, 4) is 0 Å². The van der Waals surface area contributed by atoms with Gasteiger partial charge in [0.1, 0.15) is 12.7 Å². The van der Waals surface area contributed by atoms with Gasteiger partial charge in [-0.15, -0.1) is 0 Å². The number of Topliss-reactive ketones (excluding diaryl/α,β-unsaturated/α-hetero) is 1. The van der Waals surface area contributed by atoms with Gasteiger partial charge >= 0.3 is 0 Å². The molecule has 1 heterocycles. The molecule has 1 aromatic carbocycles. The van der Waals surface area contributed by atoms with Gasteiger partial charge in [0.05, 0.1) is 13.2 Å². The number of benzene rings is 1. The summed E-state index contributed by atoms with van der Waals surface area (Å²) in [4.78, 5) is 11.8. The summed E-state index contributed by atoms with van der Waals surface area (Å²) in [6, 6.07) is 9.75. The van der Waals surface area contributed by atoms with Gasteiger partial charge in [0.15, 0.2) is 11.6 Å². The van der Waals surface area contributed by atoms with Crippen molar-refractivity contribution in [1.82, 2.24) is 0 Å². The Morgan fingerprint density at radius 3 is 2.72 bits per heavy atom. The molecule has 18 heavy (non-hydrogen) atoms. The van der Waals surface area contributed by atoms with Crippen LogP contribution < -0.4 is 0 Å². The minimum atomic E-state index is -0.667. The first-order chi connectivity index (χ1) is 8.57. The molecule has 1 saturated heterocycles. The van der Waals surface area contributed by atoms with Crippen LogP contribution in [0.2, 0.25) is 0 Å². The van der Waals surface area contributed by atoms with Crippen molar-refractivity contribution in [2.45, 2.75) is 32.3 Å². The predicted octanol–water partition coefficient (Wildman–Crippen LogP) is 1.92. The van der Waals surface area contributed by atoms with Gasteiger partial charge in [-0.05, 0) is 19.4 Å². The zero-order chi connectivity index (χ0) is 13.0. The summed E-state index contributed by atoms with van der Waals surface area (Å²) in [6.45, 7) is 4.39. The summed E-state index contributed by atoms with van der Waals surface area (Å²) in [5, 5.41) is 0. The fourth-order valence-corrected chi connectivity index (χ4v) is 1.78. The van der Waals surface area contributed by atoms with E-state index < -0.39 is 11.9 Å². The molecule has 0 spiro atoms.